The van der Waals surface area contributed by atoms with Crippen molar-refractivity contribution in [1.82, 2.24) is 10.6 Å². The first-order valence-corrected chi connectivity index (χ1v) is 6.84. The molecule has 4 nitrogen and oxygen atoms in total. The maximum absolute atomic E-state index is 12.2. The van der Waals surface area contributed by atoms with Gasteiger partial charge in [-0.05, 0) is 43.9 Å². The van der Waals surface area contributed by atoms with Gasteiger partial charge in [0, 0.05) is 19.7 Å². The highest BCUT2D eigenvalue weighted by molar-refractivity contribution is 5.82. The molecular formula is C13H22N2O2. The monoisotopic (exact) mass is 238 g/mol. The zero-order valence-corrected chi connectivity index (χ0v) is 10.4. The Morgan fingerprint density at radius 2 is 1.94 bits per heavy atom. The molecule has 1 aliphatic heterocycles. The second-order valence-corrected chi connectivity index (χ2v) is 5.76. The lowest BCUT2D eigenvalue weighted by atomic mass is 10.1. The lowest BCUT2D eigenvalue weighted by Crippen LogP contribution is -2.46. The van der Waals surface area contributed by atoms with Crippen molar-refractivity contribution >= 4 is 5.91 Å². The summed E-state index contributed by atoms with van der Waals surface area (Å²) < 4.78 is 5.27. The van der Waals surface area contributed by atoms with Gasteiger partial charge in [-0.25, -0.2) is 0 Å². The molecule has 2 atom stereocenters. The fourth-order valence-electron chi connectivity index (χ4n) is 2.88. The Labute approximate surface area is 102 Å². The van der Waals surface area contributed by atoms with Gasteiger partial charge in [-0.2, -0.15) is 0 Å². The molecular weight excluding hydrogens is 216 g/mol. The molecule has 3 aliphatic rings. The molecule has 1 heterocycles. The number of hydrogen-bond donors (Lipinski definition) is 2. The van der Waals surface area contributed by atoms with Crippen LogP contribution in [-0.2, 0) is 9.53 Å². The summed E-state index contributed by atoms with van der Waals surface area (Å²) in [5, 5.41) is 6.51. The van der Waals surface area contributed by atoms with Gasteiger partial charge >= 0.3 is 0 Å². The van der Waals surface area contributed by atoms with E-state index in [2.05, 4.69) is 10.6 Å². The Hall–Kier alpha value is -0.610. The van der Waals surface area contributed by atoms with Crippen molar-refractivity contribution in [3.63, 3.8) is 0 Å². The minimum absolute atomic E-state index is 0.0417. The molecule has 2 saturated carbocycles. The standard InChI is InChI=1S/C13H22N2O2/c1-17-10-6-11(14-7-10)13(16)15-12(8-2-3-8)9-4-5-9/h8-12,14H,2-7H2,1H3,(H,15,16). The number of carbonyl (C=O) groups excluding carboxylic acids is 1. The minimum atomic E-state index is -0.0417. The van der Waals surface area contributed by atoms with Crippen molar-refractivity contribution in [3.05, 3.63) is 0 Å². The Balaban J connectivity index is 1.51. The Morgan fingerprint density at radius 3 is 2.41 bits per heavy atom. The molecule has 3 fully saturated rings. The number of ether oxygens (including phenoxy) is 1. The van der Waals surface area contributed by atoms with Gasteiger partial charge in [-0.15, -0.1) is 0 Å². The van der Waals surface area contributed by atoms with Crippen LogP contribution < -0.4 is 10.6 Å². The van der Waals surface area contributed by atoms with E-state index in [0.717, 1.165) is 24.8 Å². The molecule has 2 aliphatic carbocycles. The SMILES string of the molecule is COC1CNC(C(=O)NC(C2CC2)C2CC2)C1. The number of carbonyl (C=O) groups is 1. The second kappa shape index (κ2) is 4.58. The summed E-state index contributed by atoms with van der Waals surface area (Å²) in [5.74, 6) is 1.73. The third kappa shape index (κ3) is 2.63. The summed E-state index contributed by atoms with van der Waals surface area (Å²) in [7, 11) is 1.71. The molecule has 0 spiro atoms. The molecule has 0 aromatic carbocycles. The van der Waals surface area contributed by atoms with Crippen LogP contribution in [0, 0.1) is 11.8 Å². The van der Waals surface area contributed by atoms with Crippen LogP contribution in [-0.4, -0.2) is 37.7 Å². The smallest absolute Gasteiger partial charge is 0.237 e. The van der Waals surface area contributed by atoms with E-state index in [1.807, 2.05) is 0 Å². The predicted octanol–water partition coefficient (Wildman–Crippen LogP) is 0.668. The molecule has 0 bridgehead atoms. The number of amides is 1. The normalized spacial score (nSPS) is 33.1. The van der Waals surface area contributed by atoms with Gasteiger partial charge in [-0.3, -0.25) is 4.79 Å². The van der Waals surface area contributed by atoms with E-state index in [4.69, 9.17) is 4.74 Å². The van der Waals surface area contributed by atoms with Crippen molar-refractivity contribution in [3.8, 4) is 0 Å². The molecule has 17 heavy (non-hydrogen) atoms. The van der Waals surface area contributed by atoms with Crippen molar-refractivity contribution < 1.29 is 9.53 Å². The van der Waals surface area contributed by atoms with Crippen LogP contribution in [0.3, 0.4) is 0 Å². The highest BCUT2D eigenvalue weighted by Gasteiger charge is 2.43. The fourth-order valence-corrected chi connectivity index (χ4v) is 2.88. The van der Waals surface area contributed by atoms with E-state index >= 15 is 0 Å². The highest BCUT2D eigenvalue weighted by Crippen LogP contribution is 2.44. The van der Waals surface area contributed by atoms with Crippen molar-refractivity contribution in [2.24, 2.45) is 11.8 Å². The molecule has 1 saturated heterocycles. The van der Waals surface area contributed by atoms with Gasteiger partial charge in [-0.1, -0.05) is 0 Å². The van der Waals surface area contributed by atoms with E-state index < -0.39 is 0 Å². The predicted molar refractivity (Wildman–Crippen MR) is 64.6 cm³/mol. The van der Waals surface area contributed by atoms with Crippen molar-refractivity contribution in [2.75, 3.05) is 13.7 Å². The molecule has 2 N–H and O–H groups in total. The fraction of sp³-hybridized carbons (Fsp3) is 0.923. The van der Waals surface area contributed by atoms with Crippen molar-refractivity contribution in [2.45, 2.75) is 50.3 Å². The Morgan fingerprint density at radius 1 is 1.29 bits per heavy atom. The highest BCUT2D eigenvalue weighted by atomic mass is 16.5. The minimum Gasteiger partial charge on any atom is -0.380 e. The molecule has 0 radical (unpaired) electrons. The average Bonchev–Trinajstić information content (AvgIpc) is 3.24. The van der Waals surface area contributed by atoms with Crippen LogP contribution >= 0.6 is 0 Å². The number of methoxy groups -OCH3 is 1. The zero-order valence-electron chi connectivity index (χ0n) is 10.4. The first-order chi connectivity index (χ1) is 8.28. The first-order valence-electron chi connectivity index (χ1n) is 6.84. The summed E-state index contributed by atoms with van der Waals surface area (Å²) >= 11 is 0. The van der Waals surface area contributed by atoms with Crippen LogP contribution in [0.1, 0.15) is 32.1 Å². The number of nitrogens with one attached hydrogen (secondary N) is 2. The molecule has 96 valence electrons. The zero-order chi connectivity index (χ0) is 11.8. The quantitative estimate of drug-likeness (QED) is 0.740. The largest absolute Gasteiger partial charge is 0.380 e. The van der Waals surface area contributed by atoms with Crippen LogP contribution in [0.15, 0.2) is 0 Å². The maximum atomic E-state index is 12.2. The van der Waals surface area contributed by atoms with Crippen molar-refractivity contribution in [1.29, 1.82) is 0 Å². The summed E-state index contributed by atoms with van der Waals surface area (Å²) in [6, 6.07) is 0.422. The van der Waals surface area contributed by atoms with Gasteiger partial charge in [0.05, 0.1) is 12.1 Å². The maximum Gasteiger partial charge on any atom is 0.237 e. The summed E-state index contributed by atoms with van der Waals surface area (Å²) in [4.78, 5) is 12.2. The van der Waals surface area contributed by atoms with Gasteiger partial charge in [0.15, 0.2) is 0 Å². The first kappa shape index (κ1) is 11.5. The van der Waals surface area contributed by atoms with E-state index in [1.165, 1.54) is 25.7 Å². The third-order valence-corrected chi connectivity index (χ3v) is 4.31. The number of hydrogen-bond acceptors (Lipinski definition) is 3. The molecule has 1 amide bonds. The van der Waals surface area contributed by atoms with Crippen LogP contribution in [0.25, 0.3) is 0 Å². The van der Waals surface area contributed by atoms with Gasteiger partial charge in [0.2, 0.25) is 5.91 Å². The lowest BCUT2D eigenvalue weighted by Gasteiger charge is -2.20. The summed E-state index contributed by atoms with van der Waals surface area (Å²) in [5.41, 5.74) is 0. The third-order valence-electron chi connectivity index (χ3n) is 4.31. The van der Waals surface area contributed by atoms with E-state index in [-0.39, 0.29) is 18.1 Å². The van der Waals surface area contributed by atoms with E-state index in [9.17, 15) is 4.79 Å². The van der Waals surface area contributed by atoms with Gasteiger partial charge in [0.1, 0.15) is 0 Å². The van der Waals surface area contributed by atoms with Crippen LogP contribution in [0.5, 0.6) is 0 Å². The molecule has 0 aromatic heterocycles. The summed E-state index contributed by atoms with van der Waals surface area (Å²) in [6.45, 7) is 0.798. The lowest BCUT2D eigenvalue weighted by molar-refractivity contribution is -0.124. The topological polar surface area (TPSA) is 50.4 Å². The molecule has 4 heteroatoms. The van der Waals surface area contributed by atoms with Crippen LogP contribution in [0.2, 0.25) is 0 Å². The van der Waals surface area contributed by atoms with E-state index in [0.29, 0.717) is 6.04 Å². The number of rotatable bonds is 5. The average molecular weight is 238 g/mol. The molecule has 2 unspecified atom stereocenters. The van der Waals surface area contributed by atoms with Gasteiger partial charge in [0.25, 0.3) is 0 Å². The van der Waals surface area contributed by atoms with E-state index in [1.54, 1.807) is 7.11 Å². The molecule has 3 rings (SSSR count). The molecule has 0 aromatic rings. The Kier molecular flexibility index (Phi) is 3.09. The summed E-state index contributed by atoms with van der Waals surface area (Å²) in [6.07, 6.45) is 6.23. The second-order valence-electron chi connectivity index (χ2n) is 5.76. The Bertz CT molecular complexity index is 288. The van der Waals surface area contributed by atoms with Crippen LogP contribution in [0.4, 0.5) is 0 Å². The van der Waals surface area contributed by atoms with Gasteiger partial charge < -0.3 is 15.4 Å².